The van der Waals surface area contributed by atoms with E-state index in [-0.39, 0.29) is 18.6 Å². The Balaban J connectivity index is 2.01. The molecule has 0 saturated heterocycles. The quantitative estimate of drug-likeness (QED) is 0.642. The molecule has 0 atom stereocenters. The van der Waals surface area contributed by atoms with Crippen molar-refractivity contribution in [3.05, 3.63) is 46.5 Å². The van der Waals surface area contributed by atoms with Crippen LogP contribution in [0.1, 0.15) is 37.0 Å². The number of carbonyl (C=O) groups is 3. The number of nitrogens with one attached hydrogen (secondary N) is 1. The summed E-state index contributed by atoms with van der Waals surface area (Å²) in [6, 6.07) is 6.05. The largest absolute Gasteiger partial charge is 0.461 e. The first kappa shape index (κ1) is 15.9. The second kappa shape index (κ2) is 7.02. The van der Waals surface area contributed by atoms with E-state index in [0.717, 1.165) is 35.6 Å². The van der Waals surface area contributed by atoms with Crippen LogP contribution in [0.4, 0.5) is 0 Å². The monoisotopic (exact) mass is 301 g/mol. The van der Waals surface area contributed by atoms with E-state index >= 15 is 0 Å². The van der Waals surface area contributed by atoms with Crippen molar-refractivity contribution >= 4 is 17.8 Å². The highest BCUT2D eigenvalue weighted by atomic mass is 16.5. The van der Waals surface area contributed by atoms with Crippen LogP contribution in [0.2, 0.25) is 0 Å². The molecule has 0 saturated carbocycles. The maximum Gasteiger partial charge on any atom is 0.310 e. The number of hydrogen-bond donors (Lipinski definition) is 1. The van der Waals surface area contributed by atoms with E-state index < -0.39 is 17.8 Å². The fourth-order valence-corrected chi connectivity index (χ4v) is 2.48. The minimum absolute atomic E-state index is 0.148. The number of aryl methyl sites for hydroxylation is 2. The second-order valence-electron chi connectivity index (χ2n) is 5.09. The van der Waals surface area contributed by atoms with Crippen molar-refractivity contribution in [3.63, 3.8) is 0 Å². The summed E-state index contributed by atoms with van der Waals surface area (Å²) >= 11 is 0. The number of rotatable bonds is 6. The predicted molar refractivity (Wildman–Crippen MR) is 80.8 cm³/mol. The molecule has 1 aromatic rings. The molecule has 2 amide bonds. The summed E-state index contributed by atoms with van der Waals surface area (Å²) in [7, 11) is 0. The van der Waals surface area contributed by atoms with Gasteiger partial charge in [-0.15, -0.1) is 0 Å². The molecule has 2 rings (SSSR count). The Bertz CT molecular complexity index is 624. The normalized spacial score (nSPS) is 13.8. The summed E-state index contributed by atoms with van der Waals surface area (Å²) in [4.78, 5) is 34.3. The van der Waals surface area contributed by atoms with Gasteiger partial charge < -0.3 is 4.74 Å². The Morgan fingerprint density at radius 1 is 1.14 bits per heavy atom. The third kappa shape index (κ3) is 3.61. The summed E-state index contributed by atoms with van der Waals surface area (Å²) < 4.78 is 5.29. The minimum Gasteiger partial charge on any atom is -0.461 e. The van der Waals surface area contributed by atoms with Gasteiger partial charge in [0.2, 0.25) is 0 Å². The highest BCUT2D eigenvalue weighted by Crippen LogP contribution is 2.18. The maximum absolute atomic E-state index is 11.9. The average molecular weight is 301 g/mol. The van der Waals surface area contributed by atoms with Gasteiger partial charge in [0.15, 0.2) is 0 Å². The molecule has 0 aliphatic carbocycles. The van der Waals surface area contributed by atoms with Crippen LogP contribution in [0.3, 0.4) is 0 Å². The van der Waals surface area contributed by atoms with Crippen LogP contribution in [-0.4, -0.2) is 17.8 Å². The summed E-state index contributed by atoms with van der Waals surface area (Å²) in [5.41, 5.74) is 3.48. The first-order valence-corrected chi connectivity index (χ1v) is 7.36. The molecule has 0 aromatic heterocycles. The number of hydrogen-bond acceptors (Lipinski definition) is 4. The van der Waals surface area contributed by atoms with E-state index in [2.05, 4.69) is 19.2 Å². The Labute approximate surface area is 129 Å². The van der Waals surface area contributed by atoms with Crippen LogP contribution in [0.15, 0.2) is 29.8 Å². The first-order chi connectivity index (χ1) is 10.5. The van der Waals surface area contributed by atoms with Crippen molar-refractivity contribution in [2.24, 2.45) is 0 Å². The molecule has 1 aliphatic heterocycles. The van der Waals surface area contributed by atoms with Gasteiger partial charge in [0, 0.05) is 11.6 Å². The van der Waals surface area contributed by atoms with Gasteiger partial charge in [-0.3, -0.25) is 19.7 Å². The molecule has 1 aromatic carbocycles. The van der Waals surface area contributed by atoms with E-state index in [0.29, 0.717) is 0 Å². The van der Waals surface area contributed by atoms with Gasteiger partial charge in [-0.05, 0) is 29.5 Å². The predicted octanol–water partition coefficient (Wildman–Crippen LogP) is 1.83. The molecule has 116 valence electrons. The molecular formula is C17H19NO4. The van der Waals surface area contributed by atoms with Crippen LogP contribution in [-0.2, 0) is 38.6 Å². The second-order valence-corrected chi connectivity index (χ2v) is 5.09. The smallest absolute Gasteiger partial charge is 0.310 e. The number of esters is 1. The van der Waals surface area contributed by atoms with Crippen molar-refractivity contribution in [1.82, 2.24) is 5.32 Å². The highest BCUT2D eigenvalue weighted by Gasteiger charge is 2.23. The van der Waals surface area contributed by atoms with Crippen LogP contribution in [0.5, 0.6) is 0 Å². The topological polar surface area (TPSA) is 72.5 Å². The Morgan fingerprint density at radius 3 is 2.27 bits per heavy atom. The zero-order valence-electron chi connectivity index (χ0n) is 12.8. The van der Waals surface area contributed by atoms with E-state index in [4.69, 9.17) is 4.74 Å². The molecule has 5 nitrogen and oxygen atoms in total. The number of benzene rings is 1. The van der Waals surface area contributed by atoms with Crippen molar-refractivity contribution < 1.29 is 19.1 Å². The summed E-state index contributed by atoms with van der Waals surface area (Å²) in [5.74, 6) is -1.52. The number of ether oxygens (including phenoxy) is 1. The average Bonchev–Trinajstić information content (AvgIpc) is 2.82. The van der Waals surface area contributed by atoms with Crippen molar-refractivity contribution in [2.45, 2.75) is 39.7 Å². The third-order valence-corrected chi connectivity index (χ3v) is 3.68. The van der Waals surface area contributed by atoms with E-state index in [1.165, 1.54) is 0 Å². The van der Waals surface area contributed by atoms with E-state index in [1.54, 1.807) is 0 Å². The lowest BCUT2D eigenvalue weighted by Gasteiger charge is -2.13. The SMILES string of the molecule is CCc1cccc(CC)c1COC(=O)CC1=CC(=O)NC1=O. The molecule has 0 bridgehead atoms. The van der Waals surface area contributed by atoms with E-state index in [9.17, 15) is 14.4 Å². The maximum atomic E-state index is 11.9. The van der Waals surface area contributed by atoms with E-state index in [1.807, 2.05) is 18.2 Å². The van der Waals surface area contributed by atoms with Gasteiger partial charge >= 0.3 is 5.97 Å². The van der Waals surface area contributed by atoms with Crippen molar-refractivity contribution in [3.8, 4) is 0 Å². The minimum atomic E-state index is -0.523. The van der Waals surface area contributed by atoms with Crippen molar-refractivity contribution in [2.75, 3.05) is 0 Å². The molecule has 1 N–H and O–H groups in total. The van der Waals surface area contributed by atoms with Gasteiger partial charge in [-0.25, -0.2) is 0 Å². The molecule has 1 aliphatic rings. The molecule has 5 heteroatoms. The van der Waals surface area contributed by atoms with Crippen LogP contribution < -0.4 is 5.32 Å². The molecule has 0 unspecified atom stereocenters. The molecule has 0 spiro atoms. The summed E-state index contributed by atoms with van der Waals surface area (Å²) in [5, 5.41) is 2.10. The highest BCUT2D eigenvalue weighted by molar-refractivity contribution is 6.17. The van der Waals surface area contributed by atoms with Crippen molar-refractivity contribution in [1.29, 1.82) is 0 Å². The standard InChI is InChI=1S/C17H19NO4/c1-3-11-6-5-7-12(4-2)14(11)10-22-16(20)9-13-8-15(19)18-17(13)21/h5-8H,3-4,9-10H2,1-2H3,(H,18,19,21). The summed E-state index contributed by atoms with van der Waals surface area (Å²) in [6.07, 6.45) is 2.68. The lowest BCUT2D eigenvalue weighted by atomic mass is 9.98. The lowest BCUT2D eigenvalue weighted by Crippen LogP contribution is -2.23. The van der Waals surface area contributed by atoms with Gasteiger partial charge in [-0.2, -0.15) is 0 Å². The molecule has 1 heterocycles. The van der Waals surface area contributed by atoms with Crippen LogP contribution >= 0.6 is 0 Å². The van der Waals surface area contributed by atoms with Gasteiger partial charge in [0.05, 0.1) is 6.42 Å². The first-order valence-electron chi connectivity index (χ1n) is 7.36. The zero-order valence-corrected chi connectivity index (χ0v) is 12.8. The Kier molecular flexibility index (Phi) is 5.09. The number of amides is 2. The van der Waals surface area contributed by atoms with Crippen LogP contribution in [0.25, 0.3) is 0 Å². The Hall–Kier alpha value is -2.43. The van der Waals surface area contributed by atoms with Gasteiger partial charge in [0.25, 0.3) is 11.8 Å². The number of imide groups is 1. The lowest BCUT2D eigenvalue weighted by molar-refractivity contribution is -0.144. The zero-order chi connectivity index (χ0) is 16.1. The fraction of sp³-hybridized carbons (Fsp3) is 0.353. The molecular weight excluding hydrogens is 282 g/mol. The van der Waals surface area contributed by atoms with Gasteiger partial charge in [-0.1, -0.05) is 32.0 Å². The number of carbonyl (C=O) groups excluding carboxylic acids is 3. The third-order valence-electron chi connectivity index (χ3n) is 3.68. The van der Waals surface area contributed by atoms with Crippen LogP contribution in [0, 0.1) is 0 Å². The Morgan fingerprint density at radius 2 is 1.77 bits per heavy atom. The fourth-order valence-electron chi connectivity index (χ4n) is 2.48. The summed E-state index contributed by atoms with van der Waals surface area (Å²) in [6.45, 7) is 4.30. The molecule has 22 heavy (non-hydrogen) atoms. The van der Waals surface area contributed by atoms with Gasteiger partial charge in [0.1, 0.15) is 6.61 Å². The molecule has 0 radical (unpaired) electrons. The molecule has 0 fully saturated rings.